The molecule has 1 aromatic rings. The third-order valence-corrected chi connectivity index (χ3v) is 4.54. The molecule has 1 fully saturated rings. The Morgan fingerprint density at radius 3 is 2.21 bits per heavy atom. The van der Waals surface area contributed by atoms with Gasteiger partial charge in [0.1, 0.15) is 6.54 Å². The molecule has 0 spiro atoms. The number of carbonyl (C=O) groups is 3. The molecule has 1 N–H and O–H groups in total. The summed E-state index contributed by atoms with van der Waals surface area (Å²) in [6.07, 6.45) is -0.0975. The molecule has 0 aromatic heterocycles. The highest BCUT2D eigenvalue weighted by Crippen LogP contribution is 2.22. The van der Waals surface area contributed by atoms with Crippen molar-refractivity contribution >= 4 is 17.8 Å². The second-order valence-corrected chi connectivity index (χ2v) is 8.23. The first-order valence-corrected chi connectivity index (χ1v) is 9.54. The van der Waals surface area contributed by atoms with Gasteiger partial charge in [0.05, 0.1) is 12.2 Å². The zero-order valence-corrected chi connectivity index (χ0v) is 17.3. The molecule has 28 heavy (non-hydrogen) atoms. The van der Waals surface area contributed by atoms with E-state index in [1.54, 1.807) is 17.0 Å². The van der Waals surface area contributed by atoms with Gasteiger partial charge in [-0.05, 0) is 37.0 Å². The van der Waals surface area contributed by atoms with E-state index in [1.165, 1.54) is 0 Å². The average Bonchev–Trinajstić information content (AvgIpc) is 2.62. The molecule has 0 aliphatic carbocycles. The van der Waals surface area contributed by atoms with Gasteiger partial charge in [0.25, 0.3) is 11.8 Å². The van der Waals surface area contributed by atoms with E-state index in [-0.39, 0.29) is 42.6 Å². The van der Waals surface area contributed by atoms with Crippen LogP contribution in [0.15, 0.2) is 24.3 Å². The predicted octanol–water partition coefficient (Wildman–Crippen LogP) is 1.89. The van der Waals surface area contributed by atoms with Crippen LogP contribution in [0.25, 0.3) is 0 Å². The molecule has 7 heteroatoms. The molecule has 2 rings (SSSR count). The van der Waals surface area contributed by atoms with E-state index < -0.39 is 5.97 Å². The van der Waals surface area contributed by atoms with Crippen LogP contribution < -0.4 is 5.32 Å². The molecule has 1 aliphatic rings. The zero-order valence-electron chi connectivity index (χ0n) is 17.3. The highest BCUT2D eigenvalue weighted by atomic mass is 16.5. The third kappa shape index (κ3) is 6.34. The number of benzene rings is 1. The van der Waals surface area contributed by atoms with Gasteiger partial charge >= 0.3 is 5.97 Å². The molecule has 2 amide bonds. The van der Waals surface area contributed by atoms with Crippen LogP contribution in [0.1, 0.15) is 50.5 Å². The summed E-state index contributed by atoms with van der Waals surface area (Å²) in [5.41, 5.74) is 1.59. The molecule has 154 valence electrons. The monoisotopic (exact) mass is 390 g/mol. The van der Waals surface area contributed by atoms with Gasteiger partial charge < -0.3 is 19.7 Å². The number of carbonyl (C=O) groups excluding carboxylic acids is 3. The second-order valence-electron chi connectivity index (χ2n) is 8.23. The molecule has 1 aliphatic heterocycles. The number of nitrogens with one attached hydrogen (secondary N) is 1. The summed E-state index contributed by atoms with van der Waals surface area (Å²) < 4.78 is 10.6. The zero-order chi connectivity index (χ0) is 20.9. The largest absolute Gasteiger partial charge is 0.454 e. The van der Waals surface area contributed by atoms with Crippen molar-refractivity contribution in [2.24, 2.45) is 0 Å². The molecule has 0 saturated carbocycles. The summed E-state index contributed by atoms with van der Waals surface area (Å²) in [4.78, 5) is 37.8. The van der Waals surface area contributed by atoms with Crippen LogP contribution >= 0.6 is 0 Å². The van der Waals surface area contributed by atoms with Crippen LogP contribution in [0, 0.1) is 0 Å². The fourth-order valence-electron chi connectivity index (χ4n) is 3.04. The van der Waals surface area contributed by atoms with E-state index in [0.717, 1.165) is 5.56 Å². The number of hydrogen-bond donors (Lipinski definition) is 1. The Bertz CT molecular complexity index is 699. The summed E-state index contributed by atoms with van der Waals surface area (Å²) in [6.45, 7) is 10.4. The van der Waals surface area contributed by atoms with E-state index in [1.807, 2.05) is 26.0 Å². The quantitative estimate of drug-likeness (QED) is 0.776. The minimum atomic E-state index is -0.651. The van der Waals surface area contributed by atoms with Crippen molar-refractivity contribution in [3.63, 3.8) is 0 Å². The van der Waals surface area contributed by atoms with Crippen LogP contribution in [0.4, 0.5) is 0 Å². The Balaban J connectivity index is 1.76. The molecule has 7 nitrogen and oxygen atoms in total. The van der Waals surface area contributed by atoms with E-state index in [9.17, 15) is 14.4 Å². The summed E-state index contributed by atoms with van der Waals surface area (Å²) >= 11 is 0. The lowest BCUT2D eigenvalue weighted by atomic mass is 9.87. The Labute approximate surface area is 166 Å². The number of nitrogens with zero attached hydrogens (tertiary/aromatic N) is 1. The Kier molecular flexibility index (Phi) is 7.18. The first kappa shape index (κ1) is 21.9. The summed E-state index contributed by atoms with van der Waals surface area (Å²) in [5, 5.41) is 2.52. The van der Waals surface area contributed by atoms with Gasteiger partial charge in [0, 0.05) is 18.7 Å². The number of ether oxygens (including phenoxy) is 2. The lowest BCUT2D eigenvalue weighted by molar-refractivity contribution is -0.156. The summed E-state index contributed by atoms with van der Waals surface area (Å²) in [6, 6.07) is 7.25. The van der Waals surface area contributed by atoms with E-state index >= 15 is 0 Å². The van der Waals surface area contributed by atoms with Crippen molar-refractivity contribution in [3.8, 4) is 0 Å². The third-order valence-electron chi connectivity index (χ3n) is 4.54. The number of amides is 2. The Hall–Kier alpha value is -2.41. The number of morpholine rings is 1. The van der Waals surface area contributed by atoms with Crippen LogP contribution in [0.2, 0.25) is 0 Å². The molecule has 1 heterocycles. The Morgan fingerprint density at radius 2 is 1.68 bits per heavy atom. The predicted molar refractivity (Wildman–Crippen MR) is 105 cm³/mol. The lowest BCUT2D eigenvalue weighted by Crippen LogP contribution is -2.49. The first-order valence-electron chi connectivity index (χ1n) is 9.54. The van der Waals surface area contributed by atoms with Crippen LogP contribution in [-0.4, -0.2) is 61.1 Å². The fraction of sp³-hybridized carbons (Fsp3) is 0.571. The van der Waals surface area contributed by atoms with Gasteiger partial charge in [-0.1, -0.05) is 32.9 Å². The minimum Gasteiger partial charge on any atom is -0.454 e. The van der Waals surface area contributed by atoms with Crippen molar-refractivity contribution < 1.29 is 23.9 Å². The van der Waals surface area contributed by atoms with Crippen LogP contribution in [0.3, 0.4) is 0 Å². The minimum absolute atomic E-state index is 0.00141. The standard InChI is InChI=1S/C21H30N2O5/c1-14-11-23(12-15(2)28-14)18(24)13-27-19(25)10-22-20(26)16-6-8-17(9-7-16)21(3,4)5/h6-9,14-15H,10-13H2,1-5H3,(H,22,26)/t14-,15-/m0/s1. The van der Waals surface area contributed by atoms with Crippen molar-refractivity contribution in [3.05, 3.63) is 35.4 Å². The smallest absolute Gasteiger partial charge is 0.325 e. The van der Waals surface area contributed by atoms with Crippen molar-refractivity contribution in [1.29, 1.82) is 0 Å². The Morgan fingerprint density at radius 1 is 1.11 bits per heavy atom. The number of rotatable bonds is 5. The lowest BCUT2D eigenvalue weighted by Gasteiger charge is -2.35. The van der Waals surface area contributed by atoms with E-state index in [2.05, 4.69) is 26.1 Å². The molecule has 0 bridgehead atoms. The van der Waals surface area contributed by atoms with Gasteiger partial charge in [-0.3, -0.25) is 14.4 Å². The maximum Gasteiger partial charge on any atom is 0.325 e. The molecule has 0 radical (unpaired) electrons. The molecular weight excluding hydrogens is 360 g/mol. The summed E-state index contributed by atoms with van der Waals surface area (Å²) in [5.74, 6) is -1.28. The van der Waals surface area contributed by atoms with Crippen molar-refractivity contribution in [2.45, 2.75) is 52.2 Å². The van der Waals surface area contributed by atoms with Gasteiger partial charge in [-0.2, -0.15) is 0 Å². The SMILES string of the molecule is C[C@H]1CN(C(=O)COC(=O)CNC(=O)c2ccc(C(C)(C)C)cc2)C[C@H](C)O1. The highest BCUT2D eigenvalue weighted by molar-refractivity contribution is 5.96. The van der Waals surface area contributed by atoms with Gasteiger partial charge in [0.2, 0.25) is 0 Å². The molecule has 2 atom stereocenters. The normalized spacial score (nSPS) is 19.8. The van der Waals surface area contributed by atoms with Crippen molar-refractivity contribution in [1.82, 2.24) is 10.2 Å². The van der Waals surface area contributed by atoms with Crippen molar-refractivity contribution in [2.75, 3.05) is 26.2 Å². The molecule has 0 unspecified atom stereocenters. The second kappa shape index (κ2) is 9.19. The molecular formula is C21H30N2O5. The molecule has 1 aromatic carbocycles. The first-order chi connectivity index (χ1) is 13.1. The van der Waals surface area contributed by atoms with Gasteiger partial charge in [-0.15, -0.1) is 0 Å². The van der Waals surface area contributed by atoms with Crippen LogP contribution in [-0.2, 0) is 24.5 Å². The van der Waals surface area contributed by atoms with E-state index in [0.29, 0.717) is 18.7 Å². The van der Waals surface area contributed by atoms with Gasteiger partial charge in [-0.25, -0.2) is 0 Å². The fourth-order valence-corrected chi connectivity index (χ4v) is 3.04. The van der Waals surface area contributed by atoms with Gasteiger partial charge in [0.15, 0.2) is 6.61 Å². The highest BCUT2D eigenvalue weighted by Gasteiger charge is 2.26. The number of hydrogen-bond acceptors (Lipinski definition) is 5. The molecule has 1 saturated heterocycles. The maximum atomic E-state index is 12.2. The number of esters is 1. The maximum absolute atomic E-state index is 12.2. The summed E-state index contributed by atoms with van der Waals surface area (Å²) in [7, 11) is 0. The van der Waals surface area contributed by atoms with E-state index in [4.69, 9.17) is 9.47 Å². The topological polar surface area (TPSA) is 84.9 Å². The van der Waals surface area contributed by atoms with Crippen LogP contribution in [0.5, 0.6) is 0 Å². The average molecular weight is 390 g/mol.